The van der Waals surface area contributed by atoms with E-state index in [-0.39, 0.29) is 0 Å². The summed E-state index contributed by atoms with van der Waals surface area (Å²) in [5.41, 5.74) is 3.58. The minimum absolute atomic E-state index is 0.733. The largest absolute Gasteiger partial charge is 0.493 e. The lowest BCUT2D eigenvalue weighted by molar-refractivity contribution is 0.122. The molecule has 3 aromatic rings. The van der Waals surface area contributed by atoms with Crippen LogP contribution in [0.25, 0.3) is 10.8 Å². The summed E-state index contributed by atoms with van der Waals surface area (Å²) in [6.45, 7) is 7.14. The number of rotatable bonds is 7. The molecule has 0 aliphatic carbocycles. The summed E-state index contributed by atoms with van der Waals surface area (Å²) in [4.78, 5) is 2.37. The molecule has 0 saturated carbocycles. The number of anilines is 2. The first kappa shape index (κ1) is 18.6. The van der Waals surface area contributed by atoms with Crippen molar-refractivity contribution in [2.45, 2.75) is 19.9 Å². The van der Waals surface area contributed by atoms with Gasteiger partial charge in [0.1, 0.15) is 5.75 Å². The monoisotopic (exact) mass is 376 g/mol. The second kappa shape index (κ2) is 8.98. The molecule has 0 atom stereocenters. The van der Waals surface area contributed by atoms with Gasteiger partial charge in [-0.2, -0.15) is 0 Å². The van der Waals surface area contributed by atoms with E-state index < -0.39 is 0 Å². The summed E-state index contributed by atoms with van der Waals surface area (Å²) in [5, 5.41) is 6.06. The number of ether oxygens (including phenoxy) is 2. The van der Waals surface area contributed by atoms with E-state index in [0.717, 1.165) is 57.3 Å². The Morgan fingerprint density at radius 2 is 1.75 bits per heavy atom. The number of nitrogens with zero attached hydrogens (tertiary/aromatic N) is 1. The van der Waals surface area contributed by atoms with E-state index in [1.54, 1.807) is 0 Å². The van der Waals surface area contributed by atoms with Gasteiger partial charge in [-0.3, -0.25) is 0 Å². The molecule has 146 valence electrons. The zero-order chi connectivity index (χ0) is 19.2. The first-order chi connectivity index (χ1) is 13.8. The number of hydrogen-bond donors (Lipinski definition) is 1. The molecule has 1 N–H and O–H groups in total. The predicted octanol–water partition coefficient (Wildman–Crippen LogP) is 5.08. The number of benzene rings is 3. The molecule has 1 aliphatic heterocycles. The van der Waals surface area contributed by atoms with Crippen molar-refractivity contribution >= 4 is 22.1 Å². The van der Waals surface area contributed by atoms with E-state index in [1.807, 2.05) is 0 Å². The maximum atomic E-state index is 6.02. The summed E-state index contributed by atoms with van der Waals surface area (Å²) in [6.07, 6.45) is 1.00. The smallest absolute Gasteiger partial charge is 0.124 e. The molecule has 1 saturated heterocycles. The summed E-state index contributed by atoms with van der Waals surface area (Å²) in [6, 6.07) is 21.4. The van der Waals surface area contributed by atoms with Gasteiger partial charge in [-0.05, 0) is 47.5 Å². The van der Waals surface area contributed by atoms with Crippen LogP contribution in [0.5, 0.6) is 5.75 Å². The van der Waals surface area contributed by atoms with Crippen molar-refractivity contribution in [2.75, 3.05) is 43.1 Å². The van der Waals surface area contributed by atoms with E-state index in [2.05, 4.69) is 77.8 Å². The summed E-state index contributed by atoms with van der Waals surface area (Å²) in [7, 11) is 0. The van der Waals surface area contributed by atoms with E-state index >= 15 is 0 Å². The lowest BCUT2D eigenvalue weighted by Gasteiger charge is -2.29. The molecule has 3 aromatic carbocycles. The molecular formula is C24H28N2O2. The first-order valence-corrected chi connectivity index (χ1v) is 10.1. The van der Waals surface area contributed by atoms with Gasteiger partial charge in [0.2, 0.25) is 0 Å². The standard InChI is InChI=1S/C24H28N2O2/c1-2-15-28-24-12-7-19-5-3-4-6-22(19)23(24)18-25-20-8-10-21(11-9-20)26-13-16-27-17-14-26/h3-12,25H,2,13-18H2,1H3. The second-order valence-electron chi connectivity index (χ2n) is 7.11. The van der Waals surface area contributed by atoms with Gasteiger partial charge < -0.3 is 19.7 Å². The van der Waals surface area contributed by atoms with Gasteiger partial charge in [-0.1, -0.05) is 37.3 Å². The van der Waals surface area contributed by atoms with Gasteiger partial charge in [0.05, 0.1) is 19.8 Å². The quantitative estimate of drug-likeness (QED) is 0.624. The maximum absolute atomic E-state index is 6.02. The van der Waals surface area contributed by atoms with Crippen LogP contribution < -0.4 is 15.0 Å². The van der Waals surface area contributed by atoms with Crippen molar-refractivity contribution in [1.29, 1.82) is 0 Å². The Bertz CT molecular complexity index is 902. The van der Waals surface area contributed by atoms with Gasteiger partial charge in [0.15, 0.2) is 0 Å². The fourth-order valence-corrected chi connectivity index (χ4v) is 3.65. The van der Waals surface area contributed by atoms with Crippen molar-refractivity contribution in [3.8, 4) is 5.75 Å². The minimum atomic E-state index is 0.733. The van der Waals surface area contributed by atoms with E-state index in [1.165, 1.54) is 22.0 Å². The average molecular weight is 377 g/mol. The number of morpholine rings is 1. The van der Waals surface area contributed by atoms with Gasteiger partial charge in [-0.25, -0.2) is 0 Å². The van der Waals surface area contributed by atoms with Gasteiger partial charge in [-0.15, -0.1) is 0 Å². The molecule has 28 heavy (non-hydrogen) atoms. The van der Waals surface area contributed by atoms with E-state index in [0.29, 0.717) is 0 Å². The first-order valence-electron chi connectivity index (χ1n) is 10.1. The highest BCUT2D eigenvalue weighted by Crippen LogP contribution is 2.29. The average Bonchev–Trinajstić information content (AvgIpc) is 2.77. The third-order valence-corrected chi connectivity index (χ3v) is 5.17. The molecule has 1 heterocycles. The highest BCUT2D eigenvalue weighted by Gasteiger charge is 2.12. The van der Waals surface area contributed by atoms with Crippen LogP contribution in [-0.4, -0.2) is 32.9 Å². The van der Waals surface area contributed by atoms with Crippen molar-refractivity contribution < 1.29 is 9.47 Å². The van der Waals surface area contributed by atoms with Crippen LogP contribution in [0.3, 0.4) is 0 Å². The van der Waals surface area contributed by atoms with E-state index in [9.17, 15) is 0 Å². The van der Waals surface area contributed by atoms with Crippen LogP contribution in [-0.2, 0) is 11.3 Å². The normalized spacial score (nSPS) is 14.2. The Morgan fingerprint density at radius 3 is 2.54 bits per heavy atom. The second-order valence-corrected chi connectivity index (χ2v) is 7.11. The third-order valence-electron chi connectivity index (χ3n) is 5.17. The highest BCUT2D eigenvalue weighted by molar-refractivity contribution is 5.88. The van der Waals surface area contributed by atoms with Crippen LogP contribution in [0.4, 0.5) is 11.4 Å². The summed E-state index contributed by atoms with van der Waals surface area (Å²) >= 11 is 0. The minimum Gasteiger partial charge on any atom is -0.493 e. The topological polar surface area (TPSA) is 33.7 Å². The molecule has 0 spiro atoms. The Morgan fingerprint density at radius 1 is 0.964 bits per heavy atom. The van der Waals surface area contributed by atoms with Gasteiger partial charge >= 0.3 is 0 Å². The maximum Gasteiger partial charge on any atom is 0.124 e. The summed E-state index contributed by atoms with van der Waals surface area (Å²) in [5.74, 6) is 0.970. The summed E-state index contributed by atoms with van der Waals surface area (Å²) < 4.78 is 11.5. The number of fused-ring (bicyclic) bond motifs is 1. The fourth-order valence-electron chi connectivity index (χ4n) is 3.65. The lowest BCUT2D eigenvalue weighted by Crippen LogP contribution is -2.36. The molecule has 0 unspecified atom stereocenters. The lowest BCUT2D eigenvalue weighted by atomic mass is 10.0. The third kappa shape index (κ3) is 4.23. The van der Waals surface area contributed by atoms with Crippen LogP contribution in [0.15, 0.2) is 60.7 Å². The van der Waals surface area contributed by atoms with Crippen molar-refractivity contribution in [3.63, 3.8) is 0 Å². The Balaban J connectivity index is 1.51. The Kier molecular flexibility index (Phi) is 5.98. The molecule has 0 bridgehead atoms. The van der Waals surface area contributed by atoms with E-state index in [4.69, 9.17) is 9.47 Å². The SMILES string of the molecule is CCCOc1ccc2ccccc2c1CNc1ccc(N2CCOCC2)cc1. The molecule has 1 aliphatic rings. The van der Waals surface area contributed by atoms with Crippen LogP contribution in [0.1, 0.15) is 18.9 Å². The predicted molar refractivity (Wildman–Crippen MR) is 117 cm³/mol. The number of hydrogen-bond acceptors (Lipinski definition) is 4. The zero-order valence-electron chi connectivity index (χ0n) is 16.5. The molecule has 0 amide bonds. The Hall–Kier alpha value is -2.72. The van der Waals surface area contributed by atoms with Crippen molar-refractivity contribution in [2.24, 2.45) is 0 Å². The van der Waals surface area contributed by atoms with Crippen LogP contribution >= 0.6 is 0 Å². The molecular weight excluding hydrogens is 348 g/mol. The molecule has 0 radical (unpaired) electrons. The fraction of sp³-hybridized carbons (Fsp3) is 0.333. The van der Waals surface area contributed by atoms with Crippen molar-refractivity contribution in [3.05, 3.63) is 66.2 Å². The molecule has 0 aromatic heterocycles. The molecule has 1 fully saturated rings. The molecule has 4 rings (SSSR count). The van der Waals surface area contributed by atoms with Crippen LogP contribution in [0.2, 0.25) is 0 Å². The zero-order valence-corrected chi connectivity index (χ0v) is 16.5. The highest BCUT2D eigenvalue weighted by atomic mass is 16.5. The molecule has 4 heteroatoms. The number of nitrogens with one attached hydrogen (secondary N) is 1. The molecule has 4 nitrogen and oxygen atoms in total. The van der Waals surface area contributed by atoms with Gasteiger partial charge in [0.25, 0.3) is 0 Å². The van der Waals surface area contributed by atoms with Crippen molar-refractivity contribution in [1.82, 2.24) is 0 Å². The van der Waals surface area contributed by atoms with Gasteiger partial charge in [0, 0.05) is 36.6 Å². The van der Waals surface area contributed by atoms with Crippen LogP contribution in [0, 0.1) is 0 Å². The Labute approximate surface area is 167 Å².